The highest BCUT2D eigenvalue weighted by atomic mass is 32.1. The predicted molar refractivity (Wildman–Crippen MR) is 76.4 cm³/mol. The van der Waals surface area contributed by atoms with Gasteiger partial charge >= 0.3 is 0 Å². The highest BCUT2D eigenvalue weighted by molar-refractivity contribution is 7.11. The van der Waals surface area contributed by atoms with Crippen molar-refractivity contribution in [2.75, 3.05) is 6.54 Å². The Bertz CT molecular complexity index is 391. The molecule has 94 valence electrons. The number of rotatable bonds is 4. The molecule has 2 heteroatoms. The van der Waals surface area contributed by atoms with Crippen molar-refractivity contribution in [3.63, 3.8) is 0 Å². The van der Waals surface area contributed by atoms with Crippen molar-refractivity contribution >= 4 is 11.3 Å². The van der Waals surface area contributed by atoms with Crippen molar-refractivity contribution in [2.24, 2.45) is 11.8 Å². The number of aryl methyl sites for hydroxylation is 1. The van der Waals surface area contributed by atoms with Gasteiger partial charge in [-0.05, 0) is 57.2 Å². The summed E-state index contributed by atoms with van der Waals surface area (Å²) in [6, 6.07) is 4.44. The van der Waals surface area contributed by atoms with Gasteiger partial charge in [0, 0.05) is 16.3 Å². The maximum Gasteiger partial charge on any atom is 0.0299 e. The van der Waals surface area contributed by atoms with Crippen LogP contribution in [0.25, 0.3) is 0 Å². The molecule has 1 nitrogen and oxygen atoms in total. The first-order chi connectivity index (χ1) is 8.13. The van der Waals surface area contributed by atoms with E-state index >= 15 is 0 Å². The van der Waals surface area contributed by atoms with E-state index in [9.17, 15) is 0 Å². The van der Waals surface area contributed by atoms with Crippen molar-refractivity contribution in [1.82, 2.24) is 5.32 Å². The molecule has 0 spiro atoms. The van der Waals surface area contributed by atoms with Gasteiger partial charge in [0.15, 0.2) is 0 Å². The molecule has 1 aromatic rings. The Morgan fingerprint density at radius 1 is 1.35 bits per heavy atom. The van der Waals surface area contributed by atoms with Gasteiger partial charge < -0.3 is 5.32 Å². The normalized spacial score (nSPS) is 24.8. The monoisotopic (exact) mass is 249 g/mol. The fourth-order valence-electron chi connectivity index (χ4n) is 2.82. The van der Waals surface area contributed by atoms with Crippen LogP contribution < -0.4 is 5.32 Å². The van der Waals surface area contributed by atoms with Crippen LogP contribution in [0, 0.1) is 18.8 Å². The third-order valence-corrected chi connectivity index (χ3v) is 4.41. The first-order valence-corrected chi connectivity index (χ1v) is 7.38. The fourth-order valence-corrected chi connectivity index (χ4v) is 3.68. The van der Waals surface area contributed by atoms with Crippen LogP contribution in [0.4, 0.5) is 0 Å². The highest BCUT2D eigenvalue weighted by Crippen LogP contribution is 2.27. The molecule has 2 atom stereocenters. The minimum Gasteiger partial charge on any atom is -0.312 e. The van der Waals surface area contributed by atoms with Crippen LogP contribution >= 0.6 is 11.3 Å². The van der Waals surface area contributed by atoms with Gasteiger partial charge in [-0.15, -0.1) is 11.3 Å². The van der Waals surface area contributed by atoms with Crippen molar-refractivity contribution in [2.45, 2.75) is 40.2 Å². The number of thiophene rings is 1. The van der Waals surface area contributed by atoms with Gasteiger partial charge in [-0.2, -0.15) is 0 Å². The molecule has 0 radical (unpaired) electrons. The van der Waals surface area contributed by atoms with Crippen LogP contribution in [0.1, 0.15) is 36.4 Å². The molecule has 0 amide bonds. The van der Waals surface area contributed by atoms with Crippen molar-refractivity contribution < 1.29 is 0 Å². The Balaban J connectivity index is 1.74. The summed E-state index contributed by atoms with van der Waals surface area (Å²) < 4.78 is 0. The minimum absolute atomic E-state index is 0.763. The maximum absolute atomic E-state index is 3.61. The van der Waals surface area contributed by atoms with Gasteiger partial charge in [0.1, 0.15) is 0 Å². The Hall–Kier alpha value is -0.600. The quantitative estimate of drug-likeness (QED) is 0.791. The van der Waals surface area contributed by atoms with Gasteiger partial charge in [-0.3, -0.25) is 0 Å². The lowest BCUT2D eigenvalue weighted by atomic mass is 9.84. The van der Waals surface area contributed by atoms with Crippen LogP contribution in [0.15, 0.2) is 23.8 Å². The molecule has 0 saturated heterocycles. The Labute approximate surface area is 109 Å². The zero-order chi connectivity index (χ0) is 12.3. The van der Waals surface area contributed by atoms with E-state index in [1.54, 1.807) is 5.57 Å². The summed E-state index contributed by atoms with van der Waals surface area (Å²) in [5, 5.41) is 3.61. The highest BCUT2D eigenvalue weighted by Gasteiger charge is 2.17. The molecular formula is C15H23NS. The number of nitrogens with one attached hydrogen (secondary N) is 1. The first-order valence-electron chi connectivity index (χ1n) is 6.57. The summed E-state index contributed by atoms with van der Waals surface area (Å²) in [5.41, 5.74) is 1.57. The van der Waals surface area contributed by atoms with Crippen LogP contribution in [0.3, 0.4) is 0 Å². The van der Waals surface area contributed by atoms with Crippen LogP contribution in [0.5, 0.6) is 0 Å². The summed E-state index contributed by atoms with van der Waals surface area (Å²) >= 11 is 1.90. The Morgan fingerprint density at radius 3 is 2.82 bits per heavy atom. The second kappa shape index (κ2) is 5.83. The zero-order valence-electron chi connectivity index (χ0n) is 11.1. The van der Waals surface area contributed by atoms with Gasteiger partial charge in [-0.1, -0.05) is 18.6 Å². The third kappa shape index (κ3) is 3.97. The molecule has 1 heterocycles. The molecule has 1 aliphatic rings. The summed E-state index contributed by atoms with van der Waals surface area (Å²) in [7, 11) is 0. The van der Waals surface area contributed by atoms with Crippen molar-refractivity contribution in [3.05, 3.63) is 33.5 Å². The fraction of sp³-hybridized carbons (Fsp3) is 0.600. The van der Waals surface area contributed by atoms with E-state index in [0.29, 0.717) is 0 Å². The smallest absolute Gasteiger partial charge is 0.0299 e. The average molecular weight is 249 g/mol. The summed E-state index contributed by atoms with van der Waals surface area (Å²) in [4.78, 5) is 2.87. The van der Waals surface area contributed by atoms with E-state index in [1.165, 1.54) is 22.6 Å². The molecule has 1 aliphatic carbocycles. The van der Waals surface area contributed by atoms with Crippen molar-refractivity contribution in [1.29, 1.82) is 0 Å². The SMILES string of the molecule is CC1=CC(C)CC(CNCc2ccc(C)s2)C1. The lowest BCUT2D eigenvalue weighted by molar-refractivity contribution is 0.382. The van der Waals surface area contributed by atoms with Crippen LogP contribution in [-0.2, 0) is 6.54 Å². The van der Waals surface area contributed by atoms with E-state index < -0.39 is 0 Å². The Morgan fingerprint density at radius 2 is 2.18 bits per heavy atom. The van der Waals surface area contributed by atoms with Crippen LogP contribution in [0.2, 0.25) is 0 Å². The van der Waals surface area contributed by atoms with E-state index in [-0.39, 0.29) is 0 Å². The molecule has 0 bridgehead atoms. The third-order valence-electron chi connectivity index (χ3n) is 3.41. The molecule has 1 N–H and O–H groups in total. The molecule has 1 aromatic heterocycles. The lowest BCUT2D eigenvalue weighted by Crippen LogP contribution is -2.25. The van der Waals surface area contributed by atoms with E-state index in [0.717, 1.165) is 24.9 Å². The maximum atomic E-state index is 3.61. The van der Waals surface area contributed by atoms with E-state index in [4.69, 9.17) is 0 Å². The zero-order valence-corrected chi connectivity index (χ0v) is 11.9. The minimum atomic E-state index is 0.763. The molecule has 2 rings (SSSR count). The summed E-state index contributed by atoms with van der Waals surface area (Å²) in [5.74, 6) is 1.59. The van der Waals surface area contributed by atoms with Gasteiger partial charge in [0.2, 0.25) is 0 Å². The number of hydrogen-bond acceptors (Lipinski definition) is 2. The Kier molecular flexibility index (Phi) is 4.41. The van der Waals surface area contributed by atoms with Crippen molar-refractivity contribution in [3.8, 4) is 0 Å². The number of allylic oxidation sites excluding steroid dienone is 2. The largest absolute Gasteiger partial charge is 0.312 e. The van der Waals surface area contributed by atoms with E-state index in [1.807, 2.05) is 11.3 Å². The van der Waals surface area contributed by atoms with Gasteiger partial charge in [0.25, 0.3) is 0 Å². The lowest BCUT2D eigenvalue weighted by Gasteiger charge is -2.25. The second-order valence-corrected chi connectivity index (χ2v) is 6.81. The molecule has 17 heavy (non-hydrogen) atoms. The topological polar surface area (TPSA) is 12.0 Å². The predicted octanol–water partition coefficient (Wildman–Crippen LogP) is 4.14. The molecule has 0 aromatic carbocycles. The van der Waals surface area contributed by atoms with Gasteiger partial charge in [0.05, 0.1) is 0 Å². The molecule has 0 fully saturated rings. The second-order valence-electron chi connectivity index (χ2n) is 5.44. The van der Waals surface area contributed by atoms with Gasteiger partial charge in [-0.25, -0.2) is 0 Å². The molecule has 0 aliphatic heterocycles. The molecular weight excluding hydrogens is 226 g/mol. The number of hydrogen-bond donors (Lipinski definition) is 1. The molecule has 2 unspecified atom stereocenters. The molecule has 0 saturated carbocycles. The average Bonchev–Trinajstić information content (AvgIpc) is 2.63. The van der Waals surface area contributed by atoms with Crippen LogP contribution in [-0.4, -0.2) is 6.54 Å². The first kappa shape index (κ1) is 12.8. The van der Waals surface area contributed by atoms with E-state index in [2.05, 4.69) is 44.3 Å². The standard InChI is InChI=1S/C15H23NS/c1-11-6-12(2)8-14(7-11)9-16-10-15-5-4-13(3)17-15/h4-6,11,14,16H,7-10H2,1-3H3. The summed E-state index contributed by atoms with van der Waals surface area (Å²) in [6.45, 7) is 8.97. The summed E-state index contributed by atoms with van der Waals surface area (Å²) in [6.07, 6.45) is 5.05.